The largest absolute Gasteiger partial charge is 1.00 e. The predicted octanol–water partition coefficient (Wildman–Crippen LogP) is 1.19. The molecule has 0 aliphatic carbocycles. The second-order valence-electron chi connectivity index (χ2n) is 1.31. The summed E-state index contributed by atoms with van der Waals surface area (Å²) >= 11 is 0. The van der Waals surface area contributed by atoms with Gasteiger partial charge in [0.05, 0.1) is 0 Å². The molecule has 0 fully saturated rings. The zero-order valence-corrected chi connectivity index (χ0v) is 5.27. The average Bonchev–Trinajstić information content (AvgIpc) is 1.35. The van der Waals surface area contributed by atoms with Crippen LogP contribution in [0, 0.1) is 6.92 Å². The quantitative estimate of drug-likeness (QED) is 0.425. The Bertz CT molecular complexity index is 52.0. The fourth-order valence-electron chi connectivity index (χ4n) is 0.249. The van der Waals surface area contributed by atoms with Gasteiger partial charge in [0, 0.05) is 0 Å². The normalized spacial score (nSPS) is 7.14. The first-order valence-corrected chi connectivity index (χ1v) is 2.06. The Labute approximate surface area is 55.0 Å². The van der Waals surface area contributed by atoms with Crippen molar-refractivity contribution in [3.63, 3.8) is 0 Å². The van der Waals surface area contributed by atoms with Gasteiger partial charge < -0.3 is 11.7 Å². The summed E-state index contributed by atoms with van der Waals surface area (Å²) in [5, 5.41) is 0. The molecule has 7 heavy (non-hydrogen) atoms. The Morgan fingerprint density at radius 3 is 2.14 bits per heavy atom. The van der Waals surface area contributed by atoms with Gasteiger partial charge in [-0.1, -0.05) is 0 Å². The van der Waals surface area contributed by atoms with E-state index in [1.807, 2.05) is 0 Å². The van der Waals surface area contributed by atoms with Crippen molar-refractivity contribution < 1.29 is 21.9 Å². The molecule has 0 aliphatic rings. The molecular formula is C5H9CuO. The van der Waals surface area contributed by atoms with E-state index in [1.165, 1.54) is 0 Å². The van der Waals surface area contributed by atoms with Gasteiger partial charge in [0.25, 0.3) is 0 Å². The van der Waals surface area contributed by atoms with Crippen molar-refractivity contribution in [2.24, 2.45) is 0 Å². The van der Waals surface area contributed by atoms with Crippen molar-refractivity contribution in [2.45, 2.75) is 19.8 Å². The Morgan fingerprint density at radius 1 is 1.71 bits per heavy atom. The van der Waals surface area contributed by atoms with Crippen molar-refractivity contribution in [3.8, 4) is 0 Å². The van der Waals surface area contributed by atoms with Gasteiger partial charge >= 0.3 is 17.1 Å². The van der Waals surface area contributed by atoms with Gasteiger partial charge in [-0.3, -0.25) is 0 Å². The van der Waals surface area contributed by atoms with Crippen LogP contribution in [0.4, 0.5) is 0 Å². The van der Waals surface area contributed by atoms with Crippen molar-refractivity contribution >= 4 is 5.78 Å². The van der Waals surface area contributed by atoms with E-state index in [-0.39, 0.29) is 22.9 Å². The molecule has 0 saturated carbocycles. The van der Waals surface area contributed by atoms with Gasteiger partial charge in [-0.05, 0) is 13.3 Å². The average molecular weight is 149 g/mol. The molecule has 0 N–H and O–H groups in total. The van der Waals surface area contributed by atoms with E-state index in [2.05, 4.69) is 6.92 Å². The van der Waals surface area contributed by atoms with Crippen LogP contribution in [0.1, 0.15) is 19.8 Å². The minimum atomic E-state index is 0. The topological polar surface area (TPSA) is 17.1 Å². The van der Waals surface area contributed by atoms with Crippen LogP contribution in [-0.4, -0.2) is 5.78 Å². The van der Waals surface area contributed by atoms with E-state index in [4.69, 9.17) is 0 Å². The van der Waals surface area contributed by atoms with Gasteiger partial charge in [-0.25, -0.2) is 0 Å². The van der Waals surface area contributed by atoms with E-state index in [0.29, 0.717) is 6.42 Å². The van der Waals surface area contributed by atoms with E-state index >= 15 is 0 Å². The van der Waals surface area contributed by atoms with Crippen molar-refractivity contribution in [1.82, 2.24) is 0 Å². The summed E-state index contributed by atoms with van der Waals surface area (Å²) in [5.41, 5.74) is 0. The summed E-state index contributed by atoms with van der Waals surface area (Å²) in [6.45, 7) is 5.08. The summed E-state index contributed by atoms with van der Waals surface area (Å²) in [6, 6.07) is 0. The van der Waals surface area contributed by atoms with E-state index < -0.39 is 0 Å². The fraction of sp³-hybridized carbons (Fsp3) is 0.600. The Balaban J connectivity index is 0. The summed E-state index contributed by atoms with van der Waals surface area (Å²) in [5.74, 6) is 0.227. The first-order valence-electron chi connectivity index (χ1n) is 2.06. The van der Waals surface area contributed by atoms with E-state index in [1.54, 1.807) is 6.92 Å². The van der Waals surface area contributed by atoms with E-state index in [9.17, 15) is 4.79 Å². The van der Waals surface area contributed by atoms with Crippen molar-refractivity contribution in [1.29, 1.82) is 0 Å². The molecule has 0 bridgehead atoms. The molecule has 0 aromatic heterocycles. The first-order chi connectivity index (χ1) is 2.77. The maximum Gasteiger partial charge on any atom is 1.00 e. The van der Waals surface area contributed by atoms with Crippen LogP contribution < -0.4 is 0 Å². The Hall–Kier alpha value is 0.189. The van der Waals surface area contributed by atoms with Crippen LogP contribution in [0.5, 0.6) is 0 Å². The van der Waals surface area contributed by atoms with Gasteiger partial charge in [-0.2, -0.15) is 6.42 Å². The maximum absolute atomic E-state index is 10.0. The van der Waals surface area contributed by atoms with Crippen LogP contribution in [0.3, 0.4) is 0 Å². The van der Waals surface area contributed by atoms with Crippen LogP contribution in [0.2, 0.25) is 0 Å². The molecule has 0 spiro atoms. The fourth-order valence-corrected chi connectivity index (χ4v) is 0.249. The number of ketones is 1. The molecule has 1 nitrogen and oxygen atoms in total. The number of carbonyl (C=O) groups excluding carboxylic acids is 1. The first kappa shape index (κ1) is 10.2. The van der Waals surface area contributed by atoms with Crippen LogP contribution in [0.25, 0.3) is 0 Å². The molecule has 0 atom stereocenters. The number of carbonyl (C=O) groups is 1. The molecule has 46 valence electrons. The molecule has 0 heterocycles. The summed E-state index contributed by atoms with van der Waals surface area (Å²) in [4.78, 5) is 10.0. The predicted molar refractivity (Wildman–Crippen MR) is 25.3 cm³/mol. The molecule has 0 saturated heterocycles. The number of hydrogen-bond acceptors (Lipinski definition) is 1. The number of Topliss-reactive ketones (excluding diaryl/α,β-unsaturated/α-hetero) is 1. The van der Waals surface area contributed by atoms with E-state index in [0.717, 1.165) is 6.42 Å². The smallest absolute Gasteiger partial charge is 0.343 e. The Morgan fingerprint density at radius 2 is 2.14 bits per heavy atom. The molecular weight excluding hydrogens is 140 g/mol. The Kier molecular flexibility index (Phi) is 9.04. The van der Waals surface area contributed by atoms with Crippen molar-refractivity contribution in [3.05, 3.63) is 6.92 Å². The summed E-state index contributed by atoms with van der Waals surface area (Å²) < 4.78 is 0. The van der Waals surface area contributed by atoms with Gasteiger partial charge in [-0.15, -0.1) is 0 Å². The molecule has 0 aromatic rings. The molecule has 0 amide bonds. The monoisotopic (exact) mass is 148 g/mol. The summed E-state index contributed by atoms with van der Waals surface area (Å²) in [7, 11) is 0. The second-order valence-corrected chi connectivity index (χ2v) is 1.31. The third-order valence-corrected chi connectivity index (χ3v) is 0.529. The van der Waals surface area contributed by atoms with Gasteiger partial charge in [0.2, 0.25) is 0 Å². The van der Waals surface area contributed by atoms with Gasteiger partial charge in [0.1, 0.15) is 5.78 Å². The van der Waals surface area contributed by atoms with Crippen LogP contribution in [-0.2, 0) is 21.9 Å². The number of rotatable bonds is 2. The molecule has 0 aromatic carbocycles. The zero-order chi connectivity index (χ0) is 4.99. The van der Waals surface area contributed by atoms with Crippen LogP contribution in [0.15, 0.2) is 0 Å². The van der Waals surface area contributed by atoms with Crippen molar-refractivity contribution in [2.75, 3.05) is 0 Å². The maximum atomic E-state index is 10.0. The van der Waals surface area contributed by atoms with Gasteiger partial charge in [0.15, 0.2) is 0 Å². The molecule has 0 radical (unpaired) electrons. The summed E-state index contributed by atoms with van der Waals surface area (Å²) in [6.07, 6.45) is 1.36. The third-order valence-electron chi connectivity index (χ3n) is 0.529. The molecule has 0 unspecified atom stereocenters. The number of hydrogen-bond donors (Lipinski definition) is 0. The standard InChI is InChI=1S/C5H9O.Cu/c1-3-4-5(2)6;/h1,3-4H2,2H3;/q-1;+1. The van der Waals surface area contributed by atoms with Crippen LogP contribution >= 0.6 is 0 Å². The minimum Gasteiger partial charge on any atom is -0.343 e. The second kappa shape index (κ2) is 6.19. The molecule has 0 aliphatic heterocycles. The SMILES string of the molecule is [CH2-]CCC(C)=O.[Cu+]. The third kappa shape index (κ3) is 10.7. The zero-order valence-electron chi connectivity index (χ0n) is 4.33. The molecule has 2 heteroatoms. The molecule has 0 rings (SSSR count). The minimum absolute atomic E-state index is 0.